The van der Waals surface area contributed by atoms with Crippen molar-refractivity contribution < 1.29 is 9.90 Å². The topological polar surface area (TPSA) is 58.4 Å². The number of fused-ring (bicyclic) bond motifs is 3. The first kappa shape index (κ1) is 13.8. The van der Waals surface area contributed by atoms with E-state index in [-0.39, 0.29) is 30.6 Å². The van der Waals surface area contributed by atoms with Gasteiger partial charge in [0.1, 0.15) is 6.54 Å². The van der Waals surface area contributed by atoms with Crippen LogP contribution in [0.15, 0.2) is 30.5 Å². The first-order valence-corrected chi connectivity index (χ1v) is 8.12. The van der Waals surface area contributed by atoms with Gasteiger partial charge in [-0.15, -0.1) is 0 Å². The zero-order valence-corrected chi connectivity index (χ0v) is 12.6. The Morgan fingerprint density at radius 1 is 1.23 bits per heavy atom. The van der Waals surface area contributed by atoms with Crippen molar-refractivity contribution in [3.05, 3.63) is 30.5 Å². The van der Waals surface area contributed by atoms with Gasteiger partial charge in [0, 0.05) is 17.5 Å². The van der Waals surface area contributed by atoms with Crippen LogP contribution in [0.25, 0.3) is 10.9 Å². The zero-order chi connectivity index (χ0) is 15.1. The van der Waals surface area contributed by atoms with Crippen molar-refractivity contribution in [1.82, 2.24) is 14.7 Å². The molecule has 2 fully saturated rings. The number of piperidine rings is 2. The Hall–Kier alpha value is -1.88. The molecule has 1 aromatic carbocycles. The molecule has 5 nitrogen and oxygen atoms in total. The number of benzene rings is 1. The van der Waals surface area contributed by atoms with Crippen LogP contribution < -0.4 is 0 Å². The van der Waals surface area contributed by atoms with Crippen LogP contribution in [-0.2, 0) is 11.3 Å². The molecule has 2 saturated heterocycles. The summed E-state index contributed by atoms with van der Waals surface area (Å²) in [4.78, 5) is 14.8. The fraction of sp³-hybridized carbons (Fsp3) is 0.529. The lowest BCUT2D eigenvalue weighted by atomic mass is 9.83. The molecule has 1 unspecified atom stereocenters. The van der Waals surface area contributed by atoms with E-state index in [4.69, 9.17) is 0 Å². The molecule has 2 aliphatic rings. The van der Waals surface area contributed by atoms with Crippen molar-refractivity contribution in [2.24, 2.45) is 0 Å². The first-order chi connectivity index (χ1) is 10.7. The highest BCUT2D eigenvalue weighted by molar-refractivity contribution is 5.82. The van der Waals surface area contributed by atoms with Crippen LogP contribution in [0.5, 0.6) is 0 Å². The van der Waals surface area contributed by atoms with Gasteiger partial charge in [-0.3, -0.25) is 9.48 Å². The lowest BCUT2D eigenvalue weighted by Gasteiger charge is -2.47. The van der Waals surface area contributed by atoms with Gasteiger partial charge in [0.05, 0.1) is 17.8 Å². The third kappa shape index (κ3) is 2.29. The van der Waals surface area contributed by atoms with Gasteiger partial charge in [0.2, 0.25) is 5.91 Å². The third-order valence-electron chi connectivity index (χ3n) is 5.07. The number of para-hydroxylation sites is 1. The zero-order valence-electron chi connectivity index (χ0n) is 12.6. The van der Waals surface area contributed by atoms with Gasteiger partial charge in [0.25, 0.3) is 0 Å². The summed E-state index contributed by atoms with van der Waals surface area (Å²) in [7, 11) is 0. The Morgan fingerprint density at radius 2 is 1.95 bits per heavy atom. The largest absolute Gasteiger partial charge is 0.393 e. The molecule has 5 heteroatoms. The maximum Gasteiger partial charge on any atom is 0.244 e. The van der Waals surface area contributed by atoms with Crippen molar-refractivity contribution in [3.63, 3.8) is 0 Å². The molecule has 2 aromatic rings. The number of hydrogen-bond acceptors (Lipinski definition) is 3. The number of hydrogen-bond donors (Lipinski definition) is 1. The summed E-state index contributed by atoms with van der Waals surface area (Å²) in [5, 5.41) is 15.4. The Labute approximate surface area is 129 Å². The first-order valence-electron chi connectivity index (χ1n) is 8.12. The van der Waals surface area contributed by atoms with Gasteiger partial charge >= 0.3 is 0 Å². The summed E-state index contributed by atoms with van der Waals surface area (Å²) in [6.07, 6.45) is 6.20. The third-order valence-corrected chi connectivity index (χ3v) is 5.07. The monoisotopic (exact) mass is 299 g/mol. The van der Waals surface area contributed by atoms with E-state index in [1.54, 1.807) is 4.68 Å². The number of carbonyl (C=O) groups is 1. The highest BCUT2D eigenvalue weighted by Crippen LogP contribution is 2.34. The molecule has 0 aliphatic carbocycles. The highest BCUT2D eigenvalue weighted by atomic mass is 16.3. The summed E-state index contributed by atoms with van der Waals surface area (Å²) >= 11 is 0. The van der Waals surface area contributed by atoms with Crippen molar-refractivity contribution in [2.45, 2.75) is 56.8 Å². The van der Waals surface area contributed by atoms with E-state index in [1.807, 2.05) is 35.4 Å². The molecule has 3 heterocycles. The summed E-state index contributed by atoms with van der Waals surface area (Å²) < 4.78 is 1.79. The number of aliphatic hydroxyl groups excluding tert-OH is 1. The van der Waals surface area contributed by atoms with Crippen molar-refractivity contribution in [2.75, 3.05) is 0 Å². The Bertz CT molecular complexity index is 682. The summed E-state index contributed by atoms with van der Waals surface area (Å²) in [6, 6.07) is 8.36. The fourth-order valence-corrected chi connectivity index (χ4v) is 4.12. The maximum absolute atomic E-state index is 12.8. The van der Waals surface area contributed by atoms with Gasteiger partial charge in [0.15, 0.2) is 0 Å². The van der Waals surface area contributed by atoms with E-state index in [0.29, 0.717) is 0 Å². The number of amides is 1. The smallest absolute Gasteiger partial charge is 0.244 e. The minimum absolute atomic E-state index is 0.135. The molecule has 2 bridgehead atoms. The van der Waals surface area contributed by atoms with Crippen LogP contribution in [0.2, 0.25) is 0 Å². The van der Waals surface area contributed by atoms with E-state index in [1.165, 1.54) is 0 Å². The molecular formula is C17H21N3O2. The number of nitrogens with zero attached hydrogens (tertiary/aromatic N) is 3. The van der Waals surface area contributed by atoms with E-state index in [0.717, 1.165) is 43.0 Å². The number of carbonyl (C=O) groups excluding carboxylic acids is 1. The SMILES string of the molecule is O=C(Cn1ncc2ccccc21)N1[C@@H]2CCC[C@H]1CC(O)C2. The van der Waals surface area contributed by atoms with Crippen molar-refractivity contribution in [1.29, 1.82) is 0 Å². The molecule has 3 atom stereocenters. The van der Waals surface area contributed by atoms with E-state index < -0.39 is 0 Å². The minimum atomic E-state index is -0.245. The second kappa shape index (κ2) is 5.39. The van der Waals surface area contributed by atoms with Crippen LogP contribution >= 0.6 is 0 Å². The normalized spacial score (nSPS) is 28.0. The van der Waals surface area contributed by atoms with Crippen molar-refractivity contribution >= 4 is 16.8 Å². The van der Waals surface area contributed by atoms with E-state index >= 15 is 0 Å². The second-order valence-corrected chi connectivity index (χ2v) is 6.53. The Morgan fingerprint density at radius 3 is 2.73 bits per heavy atom. The number of rotatable bonds is 2. The van der Waals surface area contributed by atoms with Crippen molar-refractivity contribution in [3.8, 4) is 0 Å². The summed E-state index contributed by atoms with van der Waals surface area (Å²) in [6.45, 7) is 0.288. The molecule has 1 N–H and O–H groups in total. The highest BCUT2D eigenvalue weighted by Gasteiger charge is 2.40. The Balaban J connectivity index is 1.57. The minimum Gasteiger partial charge on any atom is -0.393 e. The molecule has 0 saturated carbocycles. The predicted molar refractivity (Wildman–Crippen MR) is 83.2 cm³/mol. The molecular weight excluding hydrogens is 278 g/mol. The van der Waals surface area contributed by atoms with Crippen LogP contribution in [0.1, 0.15) is 32.1 Å². The fourth-order valence-electron chi connectivity index (χ4n) is 4.12. The van der Waals surface area contributed by atoms with Gasteiger partial charge in [-0.05, 0) is 38.2 Å². The molecule has 4 rings (SSSR count). The predicted octanol–water partition coefficient (Wildman–Crippen LogP) is 1.94. The second-order valence-electron chi connectivity index (χ2n) is 6.53. The molecule has 1 aromatic heterocycles. The Kier molecular flexibility index (Phi) is 3.37. The summed E-state index contributed by atoms with van der Waals surface area (Å²) in [5.74, 6) is 0.135. The van der Waals surface area contributed by atoms with E-state index in [9.17, 15) is 9.90 Å². The standard InChI is InChI=1S/C17H21N3O2/c21-15-8-13-5-3-6-14(9-15)20(13)17(22)11-19-16-7-2-1-4-12(16)10-18-19/h1-2,4,7,10,13-15,21H,3,5-6,8-9,11H2/t13-,14+,15?. The number of aliphatic hydroxyl groups is 1. The van der Waals surface area contributed by atoms with E-state index in [2.05, 4.69) is 5.10 Å². The number of aromatic nitrogens is 2. The van der Waals surface area contributed by atoms with Gasteiger partial charge in [-0.25, -0.2) is 0 Å². The van der Waals surface area contributed by atoms with Crippen LogP contribution in [-0.4, -0.2) is 43.9 Å². The van der Waals surface area contributed by atoms with Gasteiger partial charge in [-0.1, -0.05) is 18.2 Å². The lowest BCUT2D eigenvalue weighted by Crippen LogP contribution is -2.56. The molecule has 0 spiro atoms. The molecule has 0 radical (unpaired) electrons. The average Bonchev–Trinajstić information content (AvgIpc) is 2.89. The maximum atomic E-state index is 12.8. The quantitative estimate of drug-likeness (QED) is 0.922. The molecule has 2 aliphatic heterocycles. The average molecular weight is 299 g/mol. The molecule has 22 heavy (non-hydrogen) atoms. The molecule has 1 amide bonds. The molecule has 116 valence electrons. The van der Waals surface area contributed by atoms with Crippen LogP contribution in [0.4, 0.5) is 0 Å². The van der Waals surface area contributed by atoms with Gasteiger partial charge < -0.3 is 10.0 Å². The lowest BCUT2D eigenvalue weighted by molar-refractivity contribution is -0.144. The summed E-state index contributed by atoms with van der Waals surface area (Å²) in [5.41, 5.74) is 0.998. The van der Waals surface area contributed by atoms with Gasteiger partial charge in [-0.2, -0.15) is 5.10 Å². The van der Waals surface area contributed by atoms with Crippen LogP contribution in [0.3, 0.4) is 0 Å². The van der Waals surface area contributed by atoms with Crippen LogP contribution in [0, 0.1) is 0 Å².